The molecule has 1 heterocycles. The van der Waals surface area contributed by atoms with Gasteiger partial charge in [-0.2, -0.15) is 0 Å². The van der Waals surface area contributed by atoms with Crippen molar-refractivity contribution in [1.29, 1.82) is 0 Å². The van der Waals surface area contributed by atoms with Crippen LogP contribution in [0.1, 0.15) is 0 Å². The molecule has 1 aromatic heterocycles. The van der Waals surface area contributed by atoms with Crippen molar-refractivity contribution in [2.45, 2.75) is 0 Å². The van der Waals surface area contributed by atoms with Crippen molar-refractivity contribution < 1.29 is 4.39 Å². The van der Waals surface area contributed by atoms with Crippen LogP contribution in [0.25, 0.3) is 5.69 Å². The van der Waals surface area contributed by atoms with Crippen LogP contribution >= 0.6 is 11.6 Å². The van der Waals surface area contributed by atoms with Crippen molar-refractivity contribution in [2.24, 2.45) is 7.05 Å². The monoisotopic (exact) mass is 226 g/mol. The van der Waals surface area contributed by atoms with Gasteiger partial charge in [0.2, 0.25) is 0 Å². The number of nitrogens with zero attached hydrogens (tertiary/aromatic N) is 2. The lowest BCUT2D eigenvalue weighted by atomic mass is 10.3. The van der Waals surface area contributed by atoms with Gasteiger partial charge in [-0.1, -0.05) is 11.6 Å². The Hall–Kier alpha value is -1.55. The third-order valence-corrected chi connectivity index (χ3v) is 2.44. The Morgan fingerprint density at radius 3 is 2.60 bits per heavy atom. The van der Waals surface area contributed by atoms with Gasteiger partial charge in [-0.05, 0) is 18.2 Å². The summed E-state index contributed by atoms with van der Waals surface area (Å²) in [6.45, 7) is 0. The van der Waals surface area contributed by atoms with E-state index in [1.807, 2.05) is 0 Å². The molecule has 0 saturated carbocycles. The smallest absolute Gasteiger partial charge is 0.302 e. The van der Waals surface area contributed by atoms with Crippen LogP contribution in [0.2, 0.25) is 5.02 Å². The quantitative estimate of drug-likeness (QED) is 0.730. The molecule has 0 bridgehead atoms. The predicted octanol–water partition coefficient (Wildman–Crippen LogP) is 1.97. The van der Waals surface area contributed by atoms with Crippen LogP contribution in [0, 0.1) is 5.82 Å². The molecule has 0 spiro atoms. The van der Waals surface area contributed by atoms with E-state index in [-0.39, 0.29) is 10.7 Å². The topological polar surface area (TPSA) is 26.9 Å². The van der Waals surface area contributed by atoms with Gasteiger partial charge >= 0.3 is 5.69 Å². The molecule has 0 aliphatic rings. The summed E-state index contributed by atoms with van der Waals surface area (Å²) in [6.07, 6.45) is 3.18. The summed E-state index contributed by atoms with van der Waals surface area (Å²) in [4.78, 5) is 11.5. The first-order valence-corrected chi connectivity index (χ1v) is 4.67. The first-order chi connectivity index (χ1) is 7.09. The normalized spacial score (nSPS) is 10.6. The highest BCUT2D eigenvalue weighted by atomic mass is 35.5. The highest BCUT2D eigenvalue weighted by Gasteiger charge is 2.05. The standard InChI is InChI=1S/C10H8ClFN2O/c1-13-4-5-14(10(13)15)7-2-3-8(11)9(12)6-7/h2-6H,1H3. The van der Waals surface area contributed by atoms with Crippen molar-refractivity contribution in [2.75, 3.05) is 0 Å². The van der Waals surface area contributed by atoms with Crippen LogP contribution in [0.15, 0.2) is 35.4 Å². The molecular weight excluding hydrogens is 219 g/mol. The number of aryl methyl sites for hydroxylation is 1. The second-order valence-corrected chi connectivity index (χ2v) is 3.57. The van der Waals surface area contributed by atoms with Crippen LogP contribution in [0.3, 0.4) is 0 Å². The van der Waals surface area contributed by atoms with Crippen molar-refractivity contribution in [1.82, 2.24) is 9.13 Å². The van der Waals surface area contributed by atoms with Crippen LogP contribution in [0.4, 0.5) is 4.39 Å². The molecule has 0 amide bonds. The Morgan fingerprint density at radius 1 is 1.33 bits per heavy atom. The first-order valence-electron chi connectivity index (χ1n) is 4.29. The predicted molar refractivity (Wildman–Crippen MR) is 56.0 cm³/mol. The molecule has 78 valence electrons. The van der Waals surface area contributed by atoms with E-state index in [9.17, 15) is 9.18 Å². The second kappa shape index (κ2) is 3.55. The number of imidazole rings is 1. The van der Waals surface area contributed by atoms with E-state index < -0.39 is 5.82 Å². The van der Waals surface area contributed by atoms with E-state index in [0.717, 1.165) is 0 Å². The minimum absolute atomic E-state index is 0.0442. The molecule has 0 saturated heterocycles. The average molecular weight is 227 g/mol. The lowest BCUT2D eigenvalue weighted by molar-refractivity contribution is 0.626. The molecule has 2 aromatic rings. The van der Waals surface area contributed by atoms with E-state index in [0.29, 0.717) is 5.69 Å². The number of benzene rings is 1. The Bertz CT molecular complexity index is 559. The van der Waals surface area contributed by atoms with Crippen molar-refractivity contribution >= 4 is 11.6 Å². The number of hydrogen-bond donors (Lipinski definition) is 0. The zero-order valence-electron chi connectivity index (χ0n) is 7.95. The Labute approximate surface area is 90.3 Å². The molecule has 0 N–H and O–H groups in total. The molecule has 0 atom stereocenters. The molecular formula is C10H8ClFN2O. The highest BCUT2D eigenvalue weighted by Crippen LogP contribution is 2.17. The second-order valence-electron chi connectivity index (χ2n) is 3.16. The third kappa shape index (κ3) is 1.68. The fourth-order valence-corrected chi connectivity index (χ4v) is 1.41. The summed E-state index contributed by atoms with van der Waals surface area (Å²) in [5.74, 6) is -0.537. The molecule has 0 aliphatic heterocycles. The fraction of sp³-hybridized carbons (Fsp3) is 0.100. The van der Waals surface area contributed by atoms with Gasteiger partial charge in [0.15, 0.2) is 0 Å². The summed E-state index contributed by atoms with van der Waals surface area (Å²) < 4.78 is 15.9. The zero-order valence-corrected chi connectivity index (χ0v) is 8.70. The summed E-state index contributed by atoms with van der Waals surface area (Å²) in [5, 5.41) is 0.0442. The Morgan fingerprint density at radius 2 is 2.07 bits per heavy atom. The number of halogens is 2. The molecule has 2 rings (SSSR count). The third-order valence-electron chi connectivity index (χ3n) is 2.13. The maximum Gasteiger partial charge on any atom is 0.332 e. The van der Waals surface area contributed by atoms with Gasteiger partial charge in [0.25, 0.3) is 0 Å². The van der Waals surface area contributed by atoms with Crippen molar-refractivity contribution in [3.05, 3.63) is 51.9 Å². The number of aromatic nitrogens is 2. The van der Waals surface area contributed by atoms with Gasteiger partial charge in [0.1, 0.15) is 5.82 Å². The molecule has 0 fully saturated rings. The summed E-state index contributed by atoms with van der Waals surface area (Å²) in [7, 11) is 1.63. The number of hydrogen-bond acceptors (Lipinski definition) is 1. The Kier molecular flexibility index (Phi) is 2.36. The van der Waals surface area contributed by atoms with Gasteiger partial charge in [-0.15, -0.1) is 0 Å². The van der Waals surface area contributed by atoms with E-state index >= 15 is 0 Å². The SMILES string of the molecule is Cn1ccn(-c2ccc(Cl)c(F)c2)c1=O. The largest absolute Gasteiger partial charge is 0.332 e. The summed E-state index contributed by atoms with van der Waals surface area (Å²) >= 11 is 5.55. The molecule has 3 nitrogen and oxygen atoms in total. The van der Waals surface area contributed by atoms with Gasteiger partial charge in [-0.3, -0.25) is 4.57 Å². The lowest BCUT2D eigenvalue weighted by Gasteiger charge is -2.01. The van der Waals surface area contributed by atoms with Crippen molar-refractivity contribution in [3.8, 4) is 5.69 Å². The van der Waals surface area contributed by atoms with Crippen molar-refractivity contribution in [3.63, 3.8) is 0 Å². The lowest BCUT2D eigenvalue weighted by Crippen LogP contribution is -2.20. The fourth-order valence-electron chi connectivity index (χ4n) is 1.30. The maximum absolute atomic E-state index is 13.1. The van der Waals surface area contributed by atoms with Crippen LogP contribution in [-0.4, -0.2) is 9.13 Å². The Balaban J connectivity index is 2.60. The van der Waals surface area contributed by atoms with E-state index in [1.54, 1.807) is 25.5 Å². The van der Waals surface area contributed by atoms with Crippen LogP contribution in [0.5, 0.6) is 0 Å². The molecule has 5 heteroatoms. The van der Waals surface area contributed by atoms with Gasteiger partial charge in [0.05, 0.1) is 10.7 Å². The zero-order chi connectivity index (χ0) is 11.0. The molecule has 1 aromatic carbocycles. The number of rotatable bonds is 1. The summed E-state index contributed by atoms with van der Waals surface area (Å²) in [5.41, 5.74) is 0.235. The van der Waals surface area contributed by atoms with Gasteiger partial charge in [-0.25, -0.2) is 9.18 Å². The van der Waals surface area contributed by atoms with Gasteiger partial charge < -0.3 is 4.57 Å². The van der Waals surface area contributed by atoms with Gasteiger partial charge in [0, 0.05) is 19.4 Å². The van der Waals surface area contributed by atoms with Crippen LogP contribution < -0.4 is 5.69 Å². The molecule has 0 radical (unpaired) electrons. The average Bonchev–Trinajstić information content (AvgIpc) is 2.53. The molecule has 0 unspecified atom stereocenters. The molecule has 0 aliphatic carbocycles. The first kappa shape index (κ1) is 9.98. The van der Waals surface area contributed by atoms with E-state index in [1.165, 1.54) is 21.3 Å². The maximum atomic E-state index is 13.1. The van der Waals surface area contributed by atoms with Crippen LogP contribution in [-0.2, 0) is 7.05 Å². The van der Waals surface area contributed by atoms with E-state index in [2.05, 4.69) is 0 Å². The minimum Gasteiger partial charge on any atom is -0.302 e. The summed E-state index contributed by atoms with van der Waals surface area (Å²) in [6, 6.07) is 4.24. The minimum atomic E-state index is -0.537. The van der Waals surface area contributed by atoms with E-state index in [4.69, 9.17) is 11.6 Å². The molecule has 15 heavy (non-hydrogen) atoms. The highest BCUT2D eigenvalue weighted by molar-refractivity contribution is 6.30.